The van der Waals surface area contributed by atoms with Crippen LogP contribution in [0.5, 0.6) is 0 Å². The van der Waals surface area contributed by atoms with Crippen molar-refractivity contribution in [2.75, 3.05) is 25.0 Å². The van der Waals surface area contributed by atoms with E-state index in [-0.39, 0.29) is 0 Å². The van der Waals surface area contributed by atoms with Crippen LogP contribution in [-0.2, 0) is 0 Å². The summed E-state index contributed by atoms with van der Waals surface area (Å²) in [5.74, 6) is 0.984. The third-order valence-corrected chi connectivity index (χ3v) is 4.82. The quantitative estimate of drug-likeness (QED) is 0.932. The minimum absolute atomic E-state index is 0.648. The lowest BCUT2D eigenvalue weighted by Gasteiger charge is -2.23. The molecule has 1 saturated heterocycles. The SMILES string of the molecule is CCN1CCCC1CNc1ncnc2sc(C)cc12. The lowest BCUT2D eigenvalue weighted by molar-refractivity contribution is 0.277. The van der Waals surface area contributed by atoms with E-state index >= 15 is 0 Å². The molecule has 0 bridgehead atoms. The van der Waals surface area contributed by atoms with Crippen LogP contribution in [0.3, 0.4) is 0 Å². The van der Waals surface area contributed by atoms with Crippen LogP contribution in [-0.4, -0.2) is 40.5 Å². The molecule has 1 unspecified atom stereocenters. The smallest absolute Gasteiger partial charge is 0.138 e. The second-order valence-electron chi connectivity index (χ2n) is 5.10. The van der Waals surface area contributed by atoms with Crippen molar-refractivity contribution in [3.8, 4) is 0 Å². The average Bonchev–Trinajstić information content (AvgIpc) is 3.00. The minimum atomic E-state index is 0.648. The molecular formula is C14H20N4S. The highest BCUT2D eigenvalue weighted by molar-refractivity contribution is 7.18. The van der Waals surface area contributed by atoms with Gasteiger partial charge in [-0.1, -0.05) is 6.92 Å². The number of aryl methyl sites for hydroxylation is 1. The van der Waals surface area contributed by atoms with Gasteiger partial charge in [0, 0.05) is 17.5 Å². The van der Waals surface area contributed by atoms with Crippen molar-refractivity contribution in [2.45, 2.75) is 32.7 Å². The number of hydrogen-bond donors (Lipinski definition) is 1. The van der Waals surface area contributed by atoms with Crippen molar-refractivity contribution in [3.63, 3.8) is 0 Å². The second kappa shape index (κ2) is 5.43. The fourth-order valence-electron chi connectivity index (χ4n) is 2.87. The van der Waals surface area contributed by atoms with E-state index in [2.05, 4.69) is 40.1 Å². The minimum Gasteiger partial charge on any atom is -0.368 e. The van der Waals surface area contributed by atoms with Gasteiger partial charge in [-0.05, 0) is 38.9 Å². The van der Waals surface area contributed by atoms with Crippen LogP contribution in [0.1, 0.15) is 24.6 Å². The van der Waals surface area contributed by atoms with E-state index in [0.717, 1.165) is 29.1 Å². The Labute approximate surface area is 117 Å². The van der Waals surface area contributed by atoms with Crippen molar-refractivity contribution in [2.24, 2.45) is 0 Å². The van der Waals surface area contributed by atoms with Crippen LogP contribution in [0.15, 0.2) is 12.4 Å². The van der Waals surface area contributed by atoms with Gasteiger partial charge in [-0.15, -0.1) is 11.3 Å². The maximum atomic E-state index is 4.40. The van der Waals surface area contributed by atoms with Crippen molar-refractivity contribution in [1.29, 1.82) is 0 Å². The topological polar surface area (TPSA) is 41.0 Å². The van der Waals surface area contributed by atoms with E-state index in [1.165, 1.54) is 24.3 Å². The van der Waals surface area contributed by atoms with Crippen LogP contribution in [0, 0.1) is 6.92 Å². The summed E-state index contributed by atoms with van der Waals surface area (Å²) in [5, 5.41) is 4.68. The van der Waals surface area contributed by atoms with Gasteiger partial charge in [0.05, 0.1) is 5.39 Å². The zero-order valence-corrected chi connectivity index (χ0v) is 12.3. The molecule has 0 spiro atoms. The first kappa shape index (κ1) is 12.8. The molecule has 1 fully saturated rings. The predicted octanol–water partition coefficient (Wildman–Crippen LogP) is 2.90. The van der Waals surface area contributed by atoms with Crippen LogP contribution in [0.25, 0.3) is 10.2 Å². The molecule has 0 radical (unpaired) electrons. The number of rotatable bonds is 4. The van der Waals surface area contributed by atoms with Crippen molar-refractivity contribution in [3.05, 3.63) is 17.3 Å². The molecule has 0 saturated carbocycles. The highest BCUT2D eigenvalue weighted by Gasteiger charge is 2.22. The lowest BCUT2D eigenvalue weighted by Crippen LogP contribution is -2.34. The van der Waals surface area contributed by atoms with Gasteiger partial charge < -0.3 is 5.32 Å². The maximum absolute atomic E-state index is 4.40. The Balaban J connectivity index is 1.74. The summed E-state index contributed by atoms with van der Waals surface area (Å²) in [7, 11) is 0. The molecule has 2 aromatic heterocycles. The van der Waals surface area contributed by atoms with E-state index in [1.807, 2.05) is 0 Å². The molecule has 1 aliphatic heterocycles. The molecule has 102 valence electrons. The van der Waals surface area contributed by atoms with Crippen LogP contribution in [0.4, 0.5) is 5.82 Å². The molecular weight excluding hydrogens is 256 g/mol. The van der Waals surface area contributed by atoms with E-state index in [0.29, 0.717) is 6.04 Å². The number of likely N-dealkylation sites (N-methyl/N-ethyl adjacent to an activating group) is 1. The number of likely N-dealkylation sites (tertiary alicyclic amines) is 1. The molecule has 5 heteroatoms. The molecule has 0 aromatic carbocycles. The van der Waals surface area contributed by atoms with Gasteiger partial charge >= 0.3 is 0 Å². The van der Waals surface area contributed by atoms with Crippen molar-refractivity contribution in [1.82, 2.24) is 14.9 Å². The lowest BCUT2D eigenvalue weighted by atomic mass is 10.2. The zero-order valence-electron chi connectivity index (χ0n) is 11.5. The van der Waals surface area contributed by atoms with Crippen molar-refractivity contribution >= 4 is 27.4 Å². The Hall–Kier alpha value is -1.20. The largest absolute Gasteiger partial charge is 0.368 e. The standard InChI is InChI=1S/C14H20N4S/c1-3-18-6-4-5-11(18)8-15-13-12-7-10(2)19-14(12)17-9-16-13/h7,9,11H,3-6,8H2,1-2H3,(H,15,16,17). The number of anilines is 1. The number of thiophene rings is 1. The monoisotopic (exact) mass is 276 g/mol. The summed E-state index contributed by atoms with van der Waals surface area (Å²) in [6.45, 7) is 7.72. The fourth-order valence-corrected chi connectivity index (χ4v) is 3.72. The molecule has 2 aromatic rings. The molecule has 3 heterocycles. The Bertz CT molecular complexity index is 566. The number of fused-ring (bicyclic) bond motifs is 1. The second-order valence-corrected chi connectivity index (χ2v) is 6.34. The van der Waals surface area contributed by atoms with E-state index in [9.17, 15) is 0 Å². The first-order valence-corrected chi connectivity index (χ1v) is 7.78. The van der Waals surface area contributed by atoms with E-state index in [4.69, 9.17) is 0 Å². The number of hydrogen-bond acceptors (Lipinski definition) is 5. The first-order valence-electron chi connectivity index (χ1n) is 6.97. The highest BCUT2D eigenvalue weighted by atomic mass is 32.1. The molecule has 3 rings (SSSR count). The zero-order chi connectivity index (χ0) is 13.2. The van der Waals surface area contributed by atoms with Gasteiger partial charge in [0.2, 0.25) is 0 Å². The Kier molecular flexibility index (Phi) is 3.66. The summed E-state index contributed by atoms with van der Waals surface area (Å²) < 4.78 is 0. The van der Waals surface area contributed by atoms with E-state index < -0.39 is 0 Å². The van der Waals surface area contributed by atoms with Gasteiger partial charge in [0.25, 0.3) is 0 Å². The summed E-state index contributed by atoms with van der Waals surface area (Å²) in [6.07, 6.45) is 4.27. The average molecular weight is 276 g/mol. The third kappa shape index (κ3) is 2.58. The first-order chi connectivity index (χ1) is 9.28. The Morgan fingerprint density at radius 2 is 2.37 bits per heavy atom. The van der Waals surface area contributed by atoms with Gasteiger partial charge in [0.15, 0.2) is 0 Å². The molecule has 0 amide bonds. The highest BCUT2D eigenvalue weighted by Crippen LogP contribution is 2.27. The van der Waals surface area contributed by atoms with Crippen LogP contribution < -0.4 is 5.32 Å². The predicted molar refractivity (Wildman–Crippen MR) is 80.9 cm³/mol. The van der Waals surface area contributed by atoms with Crippen LogP contribution >= 0.6 is 11.3 Å². The van der Waals surface area contributed by atoms with Gasteiger partial charge in [-0.2, -0.15) is 0 Å². The van der Waals surface area contributed by atoms with Gasteiger partial charge in [0.1, 0.15) is 17.0 Å². The molecule has 4 nitrogen and oxygen atoms in total. The molecule has 19 heavy (non-hydrogen) atoms. The summed E-state index contributed by atoms with van der Waals surface area (Å²) in [6, 6.07) is 2.82. The number of aromatic nitrogens is 2. The number of nitrogens with zero attached hydrogens (tertiary/aromatic N) is 3. The van der Waals surface area contributed by atoms with Crippen molar-refractivity contribution < 1.29 is 0 Å². The fraction of sp³-hybridized carbons (Fsp3) is 0.571. The number of nitrogens with one attached hydrogen (secondary N) is 1. The van der Waals surface area contributed by atoms with Gasteiger partial charge in [-0.25, -0.2) is 9.97 Å². The third-order valence-electron chi connectivity index (χ3n) is 3.86. The Morgan fingerprint density at radius 3 is 3.21 bits per heavy atom. The molecule has 0 aliphatic carbocycles. The summed E-state index contributed by atoms with van der Waals surface area (Å²) in [5.41, 5.74) is 0. The molecule has 1 aliphatic rings. The summed E-state index contributed by atoms with van der Waals surface area (Å²) >= 11 is 1.73. The van der Waals surface area contributed by atoms with Gasteiger partial charge in [-0.3, -0.25) is 4.90 Å². The maximum Gasteiger partial charge on any atom is 0.138 e. The normalized spacial score (nSPS) is 20.2. The Morgan fingerprint density at radius 1 is 1.47 bits per heavy atom. The molecule has 1 atom stereocenters. The molecule has 1 N–H and O–H groups in total. The van der Waals surface area contributed by atoms with E-state index in [1.54, 1.807) is 17.7 Å². The van der Waals surface area contributed by atoms with Crippen LogP contribution in [0.2, 0.25) is 0 Å². The summed E-state index contributed by atoms with van der Waals surface area (Å²) in [4.78, 5) is 13.6.